The maximum Gasteiger partial charge on any atom is 0.132 e. The Kier molecular flexibility index (Phi) is 5.95. The van der Waals surface area contributed by atoms with Crippen LogP contribution >= 0.6 is 0 Å². The molecule has 0 unspecified atom stereocenters. The number of hydrogen-bond donors (Lipinski definition) is 0. The molecule has 1 fully saturated rings. The molecule has 3 nitrogen and oxygen atoms in total. The summed E-state index contributed by atoms with van der Waals surface area (Å²) in [5, 5.41) is 4.09. The second-order valence-corrected chi connectivity index (χ2v) is 4.39. The molecule has 3 heteroatoms. The number of likely N-dealkylation sites (tertiary alicyclic amines) is 1. The fraction of sp³-hybridized carbons (Fsp3) is 0.769. The molecule has 0 atom stereocenters. The van der Waals surface area contributed by atoms with E-state index in [0.717, 1.165) is 12.3 Å². The Morgan fingerprint density at radius 3 is 2.62 bits per heavy atom. The van der Waals surface area contributed by atoms with Gasteiger partial charge in [0.25, 0.3) is 0 Å². The molecule has 0 spiro atoms. The highest BCUT2D eigenvalue weighted by molar-refractivity contribution is 6.01. The minimum Gasteiger partial charge on any atom is -0.394 e. The summed E-state index contributed by atoms with van der Waals surface area (Å²) < 4.78 is 0. The lowest BCUT2D eigenvalue weighted by molar-refractivity contribution is 0.118. The Morgan fingerprint density at radius 2 is 2.06 bits per heavy atom. The molecule has 0 saturated carbocycles. The fourth-order valence-electron chi connectivity index (χ4n) is 1.69. The zero-order valence-electron chi connectivity index (χ0n) is 10.6. The van der Waals surface area contributed by atoms with Crippen LogP contribution in [-0.2, 0) is 4.84 Å². The van der Waals surface area contributed by atoms with Crippen molar-refractivity contribution in [2.24, 2.45) is 11.1 Å². The fourth-order valence-corrected chi connectivity index (χ4v) is 1.69. The van der Waals surface area contributed by atoms with Gasteiger partial charge in [-0.1, -0.05) is 24.9 Å². The molecule has 1 saturated heterocycles. The topological polar surface area (TPSA) is 24.8 Å². The first-order valence-corrected chi connectivity index (χ1v) is 6.09. The van der Waals surface area contributed by atoms with E-state index in [1.807, 2.05) is 6.92 Å². The molecule has 90 valence electrons. The average Bonchev–Trinajstić information content (AvgIpc) is 2.75. The normalized spacial score (nSPS) is 17.4. The third kappa shape index (κ3) is 4.67. The first-order chi connectivity index (χ1) is 7.74. The summed E-state index contributed by atoms with van der Waals surface area (Å²) >= 11 is 0. The smallest absolute Gasteiger partial charge is 0.132 e. The van der Waals surface area contributed by atoms with Crippen LogP contribution < -0.4 is 0 Å². The monoisotopic (exact) mass is 222 g/mol. The van der Waals surface area contributed by atoms with Crippen molar-refractivity contribution in [3.8, 4) is 11.8 Å². The van der Waals surface area contributed by atoms with Gasteiger partial charge in [0.15, 0.2) is 0 Å². The zero-order chi connectivity index (χ0) is 11.8. The van der Waals surface area contributed by atoms with E-state index >= 15 is 0 Å². The number of hydrogen-bond acceptors (Lipinski definition) is 3. The van der Waals surface area contributed by atoms with Crippen LogP contribution in [0.25, 0.3) is 0 Å². The van der Waals surface area contributed by atoms with Crippen molar-refractivity contribution in [1.82, 2.24) is 4.90 Å². The van der Waals surface area contributed by atoms with Crippen LogP contribution in [0.4, 0.5) is 0 Å². The standard InChI is InChI=1S/C13H22N2O/c1-4-7-13(12(2)3)14-16-11-10-15-8-5-6-9-15/h12H,5-6,8-11H2,1-3H3/b14-13+. The third-order valence-electron chi connectivity index (χ3n) is 2.66. The lowest BCUT2D eigenvalue weighted by atomic mass is 10.1. The first-order valence-electron chi connectivity index (χ1n) is 6.09. The van der Waals surface area contributed by atoms with Gasteiger partial charge in [-0.3, -0.25) is 4.90 Å². The highest BCUT2D eigenvalue weighted by atomic mass is 16.6. The molecule has 0 aromatic heterocycles. The SMILES string of the molecule is CC#C/C(=N\OCCN1CCCC1)C(C)C. The first kappa shape index (κ1) is 13.1. The van der Waals surface area contributed by atoms with E-state index in [2.05, 4.69) is 35.7 Å². The van der Waals surface area contributed by atoms with Crippen molar-refractivity contribution in [2.45, 2.75) is 33.6 Å². The summed E-state index contributed by atoms with van der Waals surface area (Å²) in [6.45, 7) is 10.0. The largest absolute Gasteiger partial charge is 0.394 e. The van der Waals surface area contributed by atoms with Crippen LogP contribution in [-0.4, -0.2) is 36.9 Å². The number of rotatable bonds is 5. The second kappa shape index (κ2) is 7.29. The molecule has 1 aliphatic rings. The van der Waals surface area contributed by atoms with Crippen LogP contribution in [0.5, 0.6) is 0 Å². The summed E-state index contributed by atoms with van der Waals surface area (Å²) in [5.41, 5.74) is 0.837. The summed E-state index contributed by atoms with van der Waals surface area (Å²) in [7, 11) is 0. The van der Waals surface area contributed by atoms with Crippen molar-refractivity contribution in [3.05, 3.63) is 0 Å². The van der Waals surface area contributed by atoms with Crippen molar-refractivity contribution >= 4 is 5.71 Å². The zero-order valence-corrected chi connectivity index (χ0v) is 10.6. The summed E-state index contributed by atoms with van der Waals surface area (Å²) in [4.78, 5) is 7.73. The summed E-state index contributed by atoms with van der Waals surface area (Å²) in [6.07, 6.45) is 2.64. The molecule has 0 N–H and O–H groups in total. The van der Waals surface area contributed by atoms with Crippen LogP contribution in [0, 0.1) is 17.8 Å². The van der Waals surface area contributed by atoms with E-state index in [1.165, 1.54) is 25.9 Å². The molecule has 0 aromatic rings. The van der Waals surface area contributed by atoms with Gasteiger partial charge in [0, 0.05) is 12.5 Å². The van der Waals surface area contributed by atoms with Crippen LogP contribution in [0.15, 0.2) is 5.16 Å². The van der Waals surface area contributed by atoms with E-state index < -0.39 is 0 Å². The van der Waals surface area contributed by atoms with Gasteiger partial charge in [0.2, 0.25) is 0 Å². The maximum atomic E-state index is 5.32. The molecule has 0 aromatic carbocycles. The lowest BCUT2D eigenvalue weighted by Gasteiger charge is -2.13. The van der Waals surface area contributed by atoms with E-state index in [1.54, 1.807) is 0 Å². The maximum absolute atomic E-state index is 5.32. The van der Waals surface area contributed by atoms with E-state index in [9.17, 15) is 0 Å². The Morgan fingerprint density at radius 1 is 1.38 bits per heavy atom. The Labute approximate surface area is 98.8 Å². The third-order valence-corrected chi connectivity index (χ3v) is 2.66. The van der Waals surface area contributed by atoms with Gasteiger partial charge in [-0.2, -0.15) is 0 Å². The highest BCUT2D eigenvalue weighted by Gasteiger charge is 2.10. The van der Waals surface area contributed by atoms with E-state index in [-0.39, 0.29) is 0 Å². The molecule has 1 rings (SSSR count). The highest BCUT2D eigenvalue weighted by Crippen LogP contribution is 2.06. The van der Waals surface area contributed by atoms with Crippen molar-refractivity contribution < 1.29 is 4.84 Å². The van der Waals surface area contributed by atoms with Crippen molar-refractivity contribution in [2.75, 3.05) is 26.2 Å². The average molecular weight is 222 g/mol. The molecule has 1 heterocycles. The Bertz CT molecular complexity index is 280. The van der Waals surface area contributed by atoms with Crippen LogP contribution in [0.3, 0.4) is 0 Å². The molecule has 16 heavy (non-hydrogen) atoms. The molecular formula is C13H22N2O. The van der Waals surface area contributed by atoms with Crippen molar-refractivity contribution in [3.63, 3.8) is 0 Å². The van der Waals surface area contributed by atoms with Crippen LogP contribution in [0.2, 0.25) is 0 Å². The predicted molar refractivity (Wildman–Crippen MR) is 67.3 cm³/mol. The second-order valence-electron chi connectivity index (χ2n) is 4.39. The van der Waals surface area contributed by atoms with Gasteiger partial charge in [-0.25, -0.2) is 0 Å². The number of oxime groups is 1. The molecular weight excluding hydrogens is 200 g/mol. The number of nitrogens with zero attached hydrogens (tertiary/aromatic N) is 2. The quantitative estimate of drug-likeness (QED) is 0.308. The Hall–Kier alpha value is -1.01. The van der Waals surface area contributed by atoms with Gasteiger partial charge in [-0.15, -0.1) is 0 Å². The van der Waals surface area contributed by atoms with Gasteiger partial charge < -0.3 is 4.84 Å². The molecule has 0 radical (unpaired) electrons. The summed E-state index contributed by atoms with van der Waals surface area (Å²) in [6, 6.07) is 0. The van der Waals surface area contributed by atoms with Gasteiger partial charge in [0.1, 0.15) is 12.3 Å². The van der Waals surface area contributed by atoms with Gasteiger partial charge in [0.05, 0.1) is 0 Å². The molecule has 0 bridgehead atoms. The molecule has 1 aliphatic heterocycles. The van der Waals surface area contributed by atoms with Gasteiger partial charge in [-0.05, 0) is 38.8 Å². The molecule has 0 amide bonds. The molecule has 0 aliphatic carbocycles. The van der Waals surface area contributed by atoms with Crippen molar-refractivity contribution in [1.29, 1.82) is 0 Å². The van der Waals surface area contributed by atoms with Gasteiger partial charge >= 0.3 is 0 Å². The lowest BCUT2D eigenvalue weighted by Crippen LogP contribution is -2.23. The Balaban J connectivity index is 2.24. The van der Waals surface area contributed by atoms with E-state index in [4.69, 9.17) is 4.84 Å². The summed E-state index contributed by atoms with van der Waals surface area (Å²) in [5.74, 6) is 6.16. The van der Waals surface area contributed by atoms with Crippen LogP contribution in [0.1, 0.15) is 33.6 Å². The predicted octanol–water partition coefficient (Wildman–Crippen LogP) is 2.13. The minimum atomic E-state index is 0.333. The minimum absolute atomic E-state index is 0.333. The van der Waals surface area contributed by atoms with E-state index in [0.29, 0.717) is 12.5 Å².